The number of aryl methyl sites for hydroxylation is 2. The Hall–Kier alpha value is -1.36. The van der Waals surface area contributed by atoms with Crippen LogP contribution in [0.1, 0.15) is 50.1 Å². The molecule has 0 saturated heterocycles. The lowest BCUT2D eigenvalue weighted by Gasteiger charge is -2.18. The van der Waals surface area contributed by atoms with Gasteiger partial charge in [-0.1, -0.05) is 6.92 Å². The van der Waals surface area contributed by atoms with Gasteiger partial charge in [-0.3, -0.25) is 9.48 Å². The zero-order valence-corrected chi connectivity index (χ0v) is 12.4. The first-order chi connectivity index (χ1) is 8.79. The van der Waals surface area contributed by atoms with Crippen LogP contribution in [-0.4, -0.2) is 26.4 Å². The van der Waals surface area contributed by atoms with Gasteiger partial charge in [-0.15, -0.1) is 0 Å². The van der Waals surface area contributed by atoms with E-state index in [1.54, 1.807) is 6.92 Å². The van der Waals surface area contributed by atoms with Crippen LogP contribution in [0, 0.1) is 13.8 Å². The van der Waals surface area contributed by atoms with E-state index in [0.717, 1.165) is 31.5 Å². The van der Waals surface area contributed by atoms with Crippen LogP contribution in [0.3, 0.4) is 0 Å². The molecule has 1 unspecified atom stereocenters. The van der Waals surface area contributed by atoms with Crippen molar-refractivity contribution in [3.05, 3.63) is 17.0 Å². The van der Waals surface area contributed by atoms with E-state index in [0.29, 0.717) is 6.42 Å². The molecule has 0 aliphatic rings. The van der Waals surface area contributed by atoms with Crippen LogP contribution in [0.15, 0.2) is 0 Å². The van der Waals surface area contributed by atoms with E-state index >= 15 is 0 Å². The van der Waals surface area contributed by atoms with Gasteiger partial charge in [-0.05, 0) is 52.0 Å². The minimum atomic E-state index is -1.12. The minimum Gasteiger partial charge on any atom is -0.480 e. The van der Waals surface area contributed by atoms with Gasteiger partial charge in [-0.2, -0.15) is 5.10 Å². The summed E-state index contributed by atoms with van der Waals surface area (Å²) in [5.74, 6) is -0.938. The number of rotatable bonds is 7. The topological polar surface area (TPSA) is 81.1 Å². The van der Waals surface area contributed by atoms with Gasteiger partial charge < -0.3 is 10.8 Å². The van der Waals surface area contributed by atoms with E-state index in [1.165, 1.54) is 11.3 Å². The zero-order chi connectivity index (χ0) is 14.6. The van der Waals surface area contributed by atoms with Gasteiger partial charge in [0.2, 0.25) is 0 Å². The third kappa shape index (κ3) is 3.80. The molecule has 5 heteroatoms. The van der Waals surface area contributed by atoms with Crippen molar-refractivity contribution in [2.75, 3.05) is 0 Å². The first kappa shape index (κ1) is 15.7. The molecule has 0 radical (unpaired) electrons. The van der Waals surface area contributed by atoms with Gasteiger partial charge in [0.25, 0.3) is 0 Å². The lowest BCUT2D eigenvalue weighted by atomic mass is 9.96. The molecule has 5 nitrogen and oxygen atoms in total. The fraction of sp³-hybridized carbons (Fsp3) is 0.714. The van der Waals surface area contributed by atoms with Gasteiger partial charge in [0, 0.05) is 12.2 Å². The Balaban J connectivity index is 2.49. The smallest absolute Gasteiger partial charge is 0.323 e. The summed E-state index contributed by atoms with van der Waals surface area (Å²) in [5.41, 5.74) is 8.20. The maximum Gasteiger partial charge on any atom is 0.323 e. The van der Waals surface area contributed by atoms with Crippen LogP contribution in [0.5, 0.6) is 0 Å². The molecule has 19 heavy (non-hydrogen) atoms. The predicted octanol–water partition coefficient (Wildman–Crippen LogP) is 2.03. The maximum atomic E-state index is 10.9. The largest absolute Gasteiger partial charge is 0.480 e. The normalized spacial score (nSPS) is 14.4. The van der Waals surface area contributed by atoms with Gasteiger partial charge in [0.15, 0.2) is 0 Å². The summed E-state index contributed by atoms with van der Waals surface area (Å²) < 4.78 is 2.02. The van der Waals surface area contributed by atoms with Crippen molar-refractivity contribution in [1.82, 2.24) is 9.78 Å². The number of unbranched alkanes of at least 4 members (excludes halogenated alkanes) is 1. The lowest BCUT2D eigenvalue weighted by Crippen LogP contribution is -2.44. The number of nitrogens with two attached hydrogens (primary N) is 1. The molecule has 0 aliphatic carbocycles. The Morgan fingerprint density at radius 2 is 2.05 bits per heavy atom. The molecule has 0 aromatic carbocycles. The summed E-state index contributed by atoms with van der Waals surface area (Å²) in [6.07, 6.45) is 3.17. The molecule has 0 fully saturated rings. The highest BCUT2D eigenvalue weighted by Gasteiger charge is 2.26. The number of carboxylic acid groups (broad SMARTS) is 1. The third-order valence-electron chi connectivity index (χ3n) is 3.69. The number of nitrogens with zero attached hydrogens (tertiary/aromatic N) is 2. The minimum absolute atomic E-state index is 0.488. The Morgan fingerprint density at radius 1 is 1.42 bits per heavy atom. The average molecular weight is 267 g/mol. The monoisotopic (exact) mass is 267 g/mol. The zero-order valence-electron chi connectivity index (χ0n) is 12.4. The molecule has 0 bridgehead atoms. The van der Waals surface area contributed by atoms with Crippen molar-refractivity contribution in [2.24, 2.45) is 5.73 Å². The van der Waals surface area contributed by atoms with Crippen LogP contribution >= 0.6 is 0 Å². The highest BCUT2D eigenvalue weighted by Crippen LogP contribution is 2.16. The summed E-state index contributed by atoms with van der Waals surface area (Å²) in [7, 11) is 0. The standard InChI is InChI=1S/C14H25N3O2/c1-5-12-10(2)16-17(11(12)3)9-7-6-8-14(4,15)13(18)19/h5-9,15H2,1-4H3,(H,18,19). The first-order valence-electron chi connectivity index (χ1n) is 6.84. The van der Waals surface area contributed by atoms with Gasteiger partial charge in [0.05, 0.1) is 5.69 Å². The maximum absolute atomic E-state index is 10.9. The molecular weight excluding hydrogens is 242 g/mol. The molecule has 1 rings (SSSR count). The van der Waals surface area contributed by atoms with Gasteiger partial charge >= 0.3 is 5.97 Å². The van der Waals surface area contributed by atoms with E-state index in [2.05, 4.69) is 18.9 Å². The highest BCUT2D eigenvalue weighted by molar-refractivity contribution is 5.77. The Bertz CT molecular complexity index is 450. The molecule has 0 aliphatic heterocycles. The number of hydrogen-bond donors (Lipinski definition) is 2. The van der Waals surface area contributed by atoms with Crippen LogP contribution in [0.4, 0.5) is 0 Å². The summed E-state index contributed by atoms with van der Waals surface area (Å²) in [6.45, 7) is 8.64. The molecule has 1 aromatic heterocycles. The van der Waals surface area contributed by atoms with E-state index in [4.69, 9.17) is 10.8 Å². The van der Waals surface area contributed by atoms with Gasteiger partial charge in [0.1, 0.15) is 5.54 Å². The SMILES string of the molecule is CCc1c(C)nn(CCCCC(C)(N)C(=O)O)c1C. The van der Waals surface area contributed by atoms with Crippen molar-refractivity contribution in [3.63, 3.8) is 0 Å². The molecule has 0 amide bonds. The van der Waals surface area contributed by atoms with Crippen molar-refractivity contribution >= 4 is 5.97 Å². The van der Waals surface area contributed by atoms with Gasteiger partial charge in [-0.25, -0.2) is 0 Å². The Labute approximate surface area is 114 Å². The first-order valence-corrected chi connectivity index (χ1v) is 6.84. The molecule has 1 aromatic rings. The Kier molecular flexibility index (Phi) is 5.11. The summed E-state index contributed by atoms with van der Waals surface area (Å²) in [6, 6.07) is 0. The molecule has 0 saturated carbocycles. The average Bonchev–Trinajstić information content (AvgIpc) is 2.59. The summed E-state index contributed by atoms with van der Waals surface area (Å²) >= 11 is 0. The number of carbonyl (C=O) groups is 1. The van der Waals surface area contributed by atoms with Crippen molar-refractivity contribution in [2.45, 2.75) is 65.5 Å². The van der Waals surface area contributed by atoms with Crippen LogP contribution in [-0.2, 0) is 17.8 Å². The third-order valence-corrected chi connectivity index (χ3v) is 3.69. The summed E-state index contributed by atoms with van der Waals surface area (Å²) in [4.78, 5) is 10.9. The van der Waals surface area contributed by atoms with Crippen molar-refractivity contribution < 1.29 is 9.90 Å². The van der Waals surface area contributed by atoms with Crippen LogP contribution < -0.4 is 5.73 Å². The van der Waals surface area contributed by atoms with E-state index in [-0.39, 0.29) is 0 Å². The Morgan fingerprint density at radius 3 is 2.53 bits per heavy atom. The van der Waals surface area contributed by atoms with E-state index in [9.17, 15) is 4.79 Å². The molecular formula is C14H25N3O2. The molecule has 0 spiro atoms. The highest BCUT2D eigenvalue weighted by atomic mass is 16.4. The van der Waals surface area contributed by atoms with Crippen molar-refractivity contribution in [1.29, 1.82) is 0 Å². The second-order valence-corrected chi connectivity index (χ2v) is 5.41. The molecule has 1 atom stereocenters. The van der Waals surface area contributed by atoms with Crippen LogP contribution in [0.25, 0.3) is 0 Å². The molecule has 108 valence electrons. The number of aliphatic carboxylic acids is 1. The number of aromatic nitrogens is 2. The fourth-order valence-electron chi connectivity index (χ4n) is 2.32. The fourth-order valence-corrected chi connectivity index (χ4v) is 2.32. The lowest BCUT2D eigenvalue weighted by molar-refractivity contribution is -0.142. The second kappa shape index (κ2) is 6.19. The second-order valence-electron chi connectivity index (χ2n) is 5.41. The van der Waals surface area contributed by atoms with E-state index < -0.39 is 11.5 Å². The molecule has 1 heterocycles. The summed E-state index contributed by atoms with van der Waals surface area (Å²) in [5, 5.41) is 13.5. The quantitative estimate of drug-likeness (QED) is 0.741. The predicted molar refractivity (Wildman–Crippen MR) is 75.2 cm³/mol. The van der Waals surface area contributed by atoms with Crippen molar-refractivity contribution in [3.8, 4) is 0 Å². The number of hydrogen-bond acceptors (Lipinski definition) is 3. The molecule has 3 N–H and O–H groups in total. The van der Waals surface area contributed by atoms with Crippen LogP contribution in [0.2, 0.25) is 0 Å². The van der Waals surface area contributed by atoms with E-state index in [1.807, 2.05) is 11.6 Å². The number of carboxylic acids is 1.